The van der Waals surface area contributed by atoms with Crippen molar-refractivity contribution in [2.24, 2.45) is 5.73 Å². The number of hydrogen-bond donors (Lipinski definition) is 2. The fraction of sp³-hybridized carbons (Fsp3) is 0.750. The number of carbonyl (C=O) groups excluding carboxylic acids is 1. The molecule has 5 nitrogen and oxygen atoms in total. The summed E-state index contributed by atoms with van der Waals surface area (Å²) in [5.41, 5.74) is 5.23. The van der Waals surface area contributed by atoms with E-state index < -0.39 is 10.8 Å². The fourth-order valence-electron chi connectivity index (χ4n) is 0.772. The van der Waals surface area contributed by atoms with E-state index in [0.717, 1.165) is 0 Å². The van der Waals surface area contributed by atoms with Crippen LogP contribution in [0.5, 0.6) is 0 Å². The fourth-order valence-corrected chi connectivity index (χ4v) is 1.80. The molecule has 0 aliphatic carbocycles. The molecule has 0 aromatic heterocycles. The predicted octanol–water partition coefficient (Wildman–Crippen LogP) is -0.886. The lowest BCUT2D eigenvalue weighted by molar-refractivity contribution is -0.118. The first-order valence-corrected chi connectivity index (χ1v) is 5.88. The minimum atomic E-state index is -1.13. The third-order valence-corrected chi connectivity index (χ3v) is 2.76. The van der Waals surface area contributed by atoms with Crippen molar-refractivity contribution in [3.63, 3.8) is 0 Å². The first-order valence-electron chi connectivity index (χ1n) is 4.39. The van der Waals surface area contributed by atoms with Crippen molar-refractivity contribution in [2.45, 2.75) is 12.8 Å². The maximum Gasteiger partial charge on any atom is 0.232 e. The van der Waals surface area contributed by atoms with E-state index in [-0.39, 0.29) is 18.1 Å². The zero-order chi connectivity index (χ0) is 10.8. The topological polar surface area (TPSA) is 96.0 Å². The first-order chi connectivity index (χ1) is 6.70. The predicted molar refractivity (Wildman–Crippen MR) is 54.8 cm³/mol. The largest absolute Gasteiger partial charge is 0.354 e. The van der Waals surface area contributed by atoms with Gasteiger partial charge in [0.25, 0.3) is 0 Å². The summed E-state index contributed by atoms with van der Waals surface area (Å²) in [5.74, 6) is 0.198. The molecule has 0 aliphatic heterocycles. The SMILES string of the molecule is N#CCCNC(=O)CS(=O)CCCN. The molecule has 14 heavy (non-hydrogen) atoms. The number of nitriles is 1. The van der Waals surface area contributed by atoms with E-state index in [2.05, 4.69) is 5.32 Å². The van der Waals surface area contributed by atoms with Gasteiger partial charge in [0.05, 0.1) is 12.5 Å². The smallest absolute Gasteiger partial charge is 0.232 e. The summed E-state index contributed by atoms with van der Waals surface area (Å²) in [6.07, 6.45) is 0.944. The van der Waals surface area contributed by atoms with Crippen molar-refractivity contribution < 1.29 is 9.00 Å². The molecule has 80 valence electrons. The monoisotopic (exact) mass is 217 g/mol. The van der Waals surface area contributed by atoms with Crippen LogP contribution in [0.4, 0.5) is 0 Å². The Hall–Kier alpha value is -0.930. The van der Waals surface area contributed by atoms with Gasteiger partial charge in [0, 0.05) is 23.1 Å². The number of nitrogens with zero attached hydrogens (tertiary/aromatic N) is 1. The Morgan fingerprint density at radius 2 is 2.29 bits per heavy atom. The molecule has 6 heteroatoms. The second-order valence-corrected chi connectivity index (χ2v) is 4.27. The lowest BCUT2D eigenvalue weighted by atomic mass is 10.4. The molecule has 3 N–H and O–H groups in total. The highest BCUT2D eigenvalue weighted by atomic mass is 32.2. The first kappa shape index (κ1) is 13.1. The second-order valence-electron chi connectivity index (χ2n) is 2.69. The second kappa shape index (κ2) is 8.66. The Morgan fingerprint density at radius 3 is 2.86 bits per heavy atom. The van der Waals surface area contributed by atoms with Crippen molar-refractivity contribution in [2.75, 3.05) is 24.6 Å². The van der Waals surface area contributed by atoms with Crippen LogP contribution in [0, 0.1) is 11.3 Å². The van der Waals surface area contributed by atoms with Gasteiger partial charge in [-0.1, -0.05) is 0 Å². The Morgan fingerprint density at radius 1 is 1.57 bits per heavy atom. The number of hydrogen-bond acceptors (Lipinski definition) is 4. The highest BCUT2D eigenvalue weighted by molar-refractivity contribution is 7.85. The van der Waals surface area contributed by atoms with Gasteiger partial charge < -0.3 is 11.1 Å². The standard InChI is InChI=1S/C8H15N3O2S/c9-3-1-5-11-8(12)7-14(13)6-2-4-10/h1-2,4-7,10H2,(H,11,12). The molecule has 0 saturated carbocycles. The van der Waals surface area contributed by atoms with Crippen molar-refractivity contribution in [1.82, 2.24) is 5.32 Å². The van der Waals surface area contributed by atoms with Crippen molar-refractivity contribution in [3.05, 3.63) is 0 Å². The van der Waals surface area contributed by atoms with Crippen LogP contribution in [0.2, 0.25) is 0 Å². The quantitative estimate of drug-likeness (QED) is 0.541. The van der Waals surface area contributed by atoms with Crippen LogP contribution in [0.1, 0.15) is 12.8 Å². The normalized spacial score (nSPS) is 11.7. The maximum absolute atomic E-state index is 11.2. The molecule has 0 spiro atoms. The van der Waals surface area contributed by atoms with E-state index in [1.807, 2.05) is 6.07 Å². The molecule has 0 heterocycles. The summed E-state index contributed by atoms with van der Waals surface area (Å²) in [6, 6.07) is 1.90. The van der Waals surface area contributed by atoms with Crippen LogP contribution in [-0.2, 0) is 15.6 Å². The van der Waals surface area contributed by atoms with E-state index in [1.165, 1.54) is 0 Å². The summed E-state index contributed by atoms with van der Waals surface area (Å²) >= 11 is 0. The Labute approximate surface area is 86.1 Å². The van der Waals surface area contributed by atoms with Crippen molar-refractivity contribution >= 4 is 16.7 Å². The molecule has 0 aromatic carbocycles. The molecule has 0 saturated heterocycles. The lowest BCUT2D eigenvalue weighted by Crippen LogP contribution is -2.29. The minimum Gasteiger partial charge on any atom is -0.354 e. The molecule has 1 unspecified atom stereocenters. The average Bonchev–Trinajstić information content (AvgIpc) is 2.15. The van der Waals surface area contributed by atoms with Gasteiger partial charge in [-0.15, -0.1) is 0 Å². The minimum absolute atomic E-state index is 0.00539. The molecule has 0 rings (SSSR count). The molecule has 0 bridgehead atoms. The van der Waals surface area contributed by atoms with Gasteiger partial charge in [-0.3, -0.25) is 9.00 Å². The van der Waals surface area contributed by atoms with Crippen LogP contribution in [-0.4, -0.2) is 34.7 Å². The van der Waals surface area contributed by atoms with Gasteiger partial charge in [-0.2, -0.15) is 5.26 Å². The van der Waals surface area contributed by atoms with E-state index in [4.69, 9.17) is 11.0 Å². The third kappa shape index (κ3) is 7.71. The van der Waals surface area contributed by atoms with Gasteiger partial charge in [0.1, 0.15) is 5.75 Å². The number of carbonyl (C=O) groups is 1. The molecule has 1 atom stereocenters. The average molecular weight is 217 g/mol. The van der Waals surface area contributed by atoms with Crippen molar-refractivity contribution in [1.29, 1.82) is 5.26 Å². The van der Waals surface area contributed by atoms with Gasteiger partial charge in [-0.25, -0.2) is 0 Å². The van der Waals surface area contributed by atoms with Crippen LogP contribution in [0.15, 0.2) is 0 Å². The number of nitrogens with two attached hydrogens (primary N) is 1. The Kier molecular flexibility index (Phi) is 8.08. The zero-order valence-electron chi connectivity index (χ0n) is 7.99. The highest BCUT2D eigenvalue weighted by Crippen LogP contribution is 1.86. The molecular weight excluding hydrogens is 202 g/mol. The van der Waals surface area contributed by atoms with Crippen LogP contribution in [0.25, 0.3) is 0 Å². The van der Waals surface area contributed by atoms with E-state index in [0.29, 0.717) is 25.3 Å². The van der Waals surface area contributed by atoms with E-state index in [1.54, 1.807) is 0 Å². The Balaban J connectivity index is 3.51. The van der Waals surface area contributed by atoms with Crippen LogP contribution in [0.3, 0.4) is 0 Å². The summed E-state index contributed by atoms with van der Waals surface area (Å²) in [6.45, 7) is 0.811. The van der Waals surface area contributed by atoms with Gasteiger partial charge in [-0.05, 0) is 13.0 Å². The molecule has 0 fully saturated rings. The third-order valence-electron chi connectivity index (χ3n) is 1.43. The summed E-state index contributed by atoms with van der Waals surface area (Å²) in [4.78, 5) is 11.0. The Bertz CT molecular complexity index is 237. The summed E-state index contributed by atoms with van der Waals surface area (Å²) < 4.78 is 11.2. The molecule has 0 aromatic rings. The van der Waals surface area contributed by atoms with E-state index >= 15 is 0 Å². The number of nitrogens with one attached hydrogen (secondary N) is 1. The zero-order valence-corrected chi connectivity index (χ0v) is 8.81. The van der Waals surface area contributed by atoms with Crippen LogP contribution >= 0.6 is 0 Å². The molecule has 0 aliphatic rings. The van der Waals surface area contributed by atoms with Gasteiger partial charge in [0.15, 0.2) is 0 Å². The molecular formula is C8H15N3O2S. The van der Waals surface area contributed by atoms with Crippen LogP contribution < -0.4 is 11.1 Å². The number of rotatable bonds is 7. The van der Waals surface area contributed by atoms with Crippen molar-refractivity contribution in [3.8, 4) is 6.07 Å². The molecule has 1 amide bonds. The van der Waals surface area contributed by atoms with E-state index in [9.17, 15) is 9.00 Å². The summed E-state index contributed by atoms with van der Waals surface area (Å²) in [5, 5.41) is 10.7. The highest BCUT2D eigenvalue weighted by Gasteiger charge is 2.06. The lowest BCUT2D eigenvalue weighted by Gasteiger charge is -2.02. The number of amides is 1. The maximum atomic E-state index is 11.2. The summed E-state index contributed by atoms with van der Waals surface area (Å²) in [7, 11) is -1.13. The van der Waals surface area contributed by atoms with Gasteiger partial charge >= 0.3 is 0 Å². The molecule has 0 radical (unpaired) electrons. The van der Waals surface area contributed by atoms with Gasteiger partial charge in [0.2, 0.25) is 5.91 Å².